The molecular weight excluding hydrogens is 364 g/mol. The standard InChI is InChI=1S/C19H26N4O5/c1-19(2,3)28-18(25)21-8-6-7-9-23-15-13(22-17(23)20)10-12(16(24)27-5)11-14(15)26-4/h6-7,10-11H,8-9H2,1-5H3,(H2,20,22)(H,21,25)/b7-6+. The van der Waals surface area contributed by atoms with Gasteiger partial charge in [0.2, 0.25) is 5.95 Å². The van der Waals surface area contributed by atoms with Crippen molar-refractivity contribution >= 4 is 29.0 Å². The number of allylic oxidation sites excluding steroid dienone is 1. The number of anilines is 1. The number of rotatable bonds is 6. The van der Waals surface area contributed by atoms with Gasteiger partial charge in [0.15, 0.2) is 0 Å². The molecule has 0 atom stereocenters. The van der Waals surface area contributed by atoms with Crippen molar-refractivity contribution in [1.29, 1.82) is 0 Å². The molecule has 28 heavy (non-hydrogen) atoms. The fourth-order valence-electron chi connectivity index (χ4n) is 2.54. The molecule has 0 saturated carbocycles. The Morgan fingerprint density at radius 2 is 1.96 bits per heavy atom. The zero-order valence-corrected chi connectivity index (χ0v) is 16.7. The van der Waals surface area contributed by atoms with Crippen LogP contribution in [0.4, 0.5) is 10.7 Å². The highest BCUT2D eigenvalue weighted by molar-refractivity contribution is 5.96. The molecule has 0 fully saturated rings. The fourth-order valence-corrected chi connectivity index (χ4v) is 2.54. The molecule has 0 aliphatic heterocycles. The van der Waals surface area contributed by atoms with Gasteiger partial charge in [-0.25, -0.2) is 14.6 Å². The van der Waals surface area contributed by atoms with Crippen molar-refractivity contribution < 1.29 is 23.8 Å². The van der Waals surface area contributed by atoms with E-state index < -0.39 is 17.7 Å². The SMILES string of the molecule is COC(=O)c1cc(OC)c2c(c1)nc(N)n2C/C=C/CNC(=O)OC(C)(C)C. The Labute approximate surface area is 163 Å². The molecule has 0 aliphatic carbocycles. The zero-order valence-electron chi connectivity index (χ0n) is 16.7. The molecule has 2 aromatic rings. The number of imidazole rings is 1. The van der Waals surface area contributed by atoms with E-state index in [0.717, 1.165) is 0 Å². The highest BCUT2D eigenvalue weighted by atomic mass is 16.6. The van der Waals surface area contributed by atoms with Gasteiger partial charge in [0.05, 0.1) is 25.3 Å². The van der Waals surface area contributed by atoms with Crippen LogP contribution < -0.4 is 15.8 Å². The minimum Gasteiger partial charge on any atom is -0.494 e. The highest BCUT2D eigenvalue weighted by Crippen LogP contribution is 2.30. The molecular formula is C19H26N4O5. The number of alkyl carbamates (subject to hydrolysis) is 1. The van der Waals surface area contributed by atoms with Gasteiger partial charge in [0.25, 0.3) is 0 Å². The lowest BCUT2D eigenvalue weighted by molar-refractivity contribution is 0.0532. The van der Waals surface area contributed by atoms with Gasteiger partial charge in [0, 0.05) is 13.1 Å². The third-order valence-electron chi connectivity index (χ3n) is 3.70. The van der Waals surface area contributed by atoms with Crippen molar-refractivity contribution in [3.8, 4) is 5.75 Å². The first kappa shape index (κ1) is 21.1. The lowest BCUT2D eigenvalue weighted by atomic mass is 10.2. The number of hydrogen-bond donors (Lipinski definition) is 2. The summed E-state index contributed by atoms with van der Waals surface area (Å²) in [6, 6.07) is 3.18. The minimum absolute atomic E-state index is 0.278. The molecule has 0 spiro atoms. The van der Waals surface area contributed by atoms with E-state index in [4.69, 9.17) is 19.9 Å². The topological polar surface area (TPSA) is 118 Å². The van der Waals surface area contributed by atoms with E-state index in [1.807, 2.05) is 6.08 Å². The minimum atomic E-state index is -0.544. The molecule has 1 aromatic heterocycles. The number of nitrogens with zero attached hydrogens (tertiary/aromatic N) is 2. The second kappa shape index (κ2) is 8.64. The Bertz CT molecular complexity index is 896. The van der Waals surface area contributed by atoms with E-state index in [2.05, 4.69) is 10.3 Å². The normalized spacial score (nSPS) is 11.6. The third-order valence-corrected chi connectivity index (χ3v) is 3.70. The van der Waals surface area contributed by atoms with E-state index in [1.54, 1.807) is 43.5 Å². The number of ether oxygens (including phenoxy) is 3. The number of esters is 1. The van der Waals surface area contributed by atoms with Crippen molar-refractivity contribution in [2.45, 2.75) is 32.9 Å². The molecule has 152 valence electrons. The summed E-state index contributed by atoms with van der Waals surface area (Å²) in [4.78, 5) is 27.7. The van der Waals surface area contributed by atoms with Crippen LogP contribution in [0.15, 0.2) is 24.3 Å². The number of amides is 1. The first-order valence-electron chi connectivity index (χ1n) is 8.70. The van der Waals surface area contributed by atoms with Gasteiger partial charge in [-0.1, -0.05) is 12.2 Å². The van der Waals surface area contributed by atoms with Gasteiger partial charge in [0.1, 0.15) is 16.9 Å². The summed E-state index contributed by atoms with van der Waals surface area (Å²) in [5.74, 6) is 0.254. The van der Waals surface area contributed by atoms with E-state index in [9.17, 15) is 9.59 Å². The maximum absolute atomic E-state index is 11.8. The van der Waals surface area contributed by atoms with Crippen LogP contribution in [0.1, 0.15) is 31.1 Å². The lowest BCUT2D eigenvalue weighted by Gasteiger charge is -2.19. The molecule has 1 amide bonds. The summed E-state index contributed by atoms with van der Waals surface area (Å²) in [5.41, 5.74) is 7.00. The number of carbonyl (C=O) groups excluding carboxylic acids is 2. The highest BCUT2D eigenvalue weighted by Gasteiger charge is 2.17. The van der Waals surface area contributed by atoms with Crippen LogP contribution in [0.2, 0.25) is 0 Å². The molecule has 0 bridgehead atoms. The predicted octanol–water partition coefficient (Wildman–Crippen LogP) is 2.49. The van der Waals surface area contributed by atoms with Crippen LogP contribution in [-0.2, 0) is 16.0 Å². The second-order valence-corrected chi connectivity index (χ2v) is 6.97. The quantitative estimate of drug-likeness (QED) is 0.575. The Morgan fingerprint density at radius 3 is 2.57 bits per heavy atom. The number of benzene rings is 1. The maximum Gasteiger partial charge on any atom is 0.407 e. The van der Waals surface area contributed by atoms with Crippen LogP contribution in [-0.4, -0.2) is 48.0 Å². The molecule has 1 heterocycles. The molecule has 0 aliphatic rings. The smallest absolute Gasteiger partial charge is 0.407 e. The molecule has 0 saturated heterocycles. The van der Waals surface area contributed by atoms with Crippen molar-refractivity contribution in [2.24, 2.45) is 0 Å². The van der Waals surface area contributed by atoms with Crippen LogP contribution in [0.5, 0.6) is 5.75 Å². The first-order chi connectivity index (χ1) is 13.2. The Kier molecular flexibility index (Phi) is 6.50. The summed E-state index contributed by atoms with van der Waals surface area (Å²) in [7, 11) is 2.81. The number of nitrogen functional groups attached to an aromatic ring is 1. The van der Waals surface area contributed by atoms with E-state index in [-0.39, 0.29) is 5.95 Å². The van der Waals surface area contributed by atoms with E-state index >= 15 is 0 Å². The van der Waals surface area contributed by atoms with Crippen LogP contribution in [0.3, 0.4) is 0 Å². The summed E-state index contributed by atoms with van der Waals surface area (Å²) in [6.45, 7) is 6.12. The number of methoxy groups -OCH3 is 2. The summed E-state index contributed by atoms with van der Waals surface area (Å²) in [6.07, 6.45) is 3.13. The van der Waals surface area contributed by atoms with Gasteiger partial charge in [-0.05, 0) is 32.9 Å². The number of nitrogens with two attached hydrogens (primary N) is 1. The van der Waals surface area contributed by atoms with Gasteiger partial charge in [-0.2, -0.15) is 0 Å². The molecule has 1 aromatic carbocycles. The second-order valence-electron chi connectivity index (χ2n) is 6.97. The lowest BCUT2D eigenvalue weighted by Crippen LogP contribution is -2.32. The number of hydrogen-bond acceptors (Lipinski definition) is 7. The number of carbonyl (C=O) groups is 2. The monoisotopic (exact) mass is 390 g/mol. The van der Waals surface area contributed by atoms with Gasteiger partial charge in [-0.3, -0.25) is 0 Å². The fraction of sp³-hybridized carbons (Fsp3) is 0.421. The zero-order chi connectivity index (χ0) is 20.9. The van der Waals surface area contributed by atoms with Crippen LogP contribution in [0, 0.1) is 0 Å². The molecule has 3 N–H and O–H groups in total. The largest absolute Gasteiger partial charge is 0.494 e. The summed E-state index contributed by atoms with van der Waals surface area (Å²) < 4.78 is 17.1. The number of aromatic nitrogens is 2. The molecule has 0 unspecified atom stereocenters. The number of fused-ring (bicyclic) bond motifs is 1. The van der Waals surface area contributed by atoms with Gasteiger partial charge in [-0.15, -0.1) is 0 Å². The van der Waals surface area contributed by atoms with Gasteiger partial charge >= 0.3 is 12.1 Å². The molecule has 0 radical (unpaired) electrons. The Balaban J connectivity index is 2.13. The Morgan fingerprint density at radius 1 is 1.25 bits per heavy atom. The van der Waals surface area contributed by atoms with Crippen molar-refractivity contribution in [3.63, 3.8) is 0 Å². The van der Waals surface area contributed by atoms with E-state index in [1.165, 1.54) is 14.2 Å². The average Bonchev–Trinajstić information content (AvgIpc) is 2.93. The molecule has 9 nitrogen and oxygen atoms in total. The van der Waals surface area contributed by atoms with Gasteiger partial charge < -0.3 is 29.8 Å². The summed E-state index contributed by atoms with van der Waals surface area (Å²) in [5, 5.41) is 2.64. The van der Waals surface area contributed by atoms with Crippen molar-refractivity contribution in [2.75, 3.05) is 26.5 Å². The molecule has 2 rings (SSSR count). The third kappa shape index (κ3) is 5.15. The first-order valence-corrected chi connectivity index (χ1v) is 8.70. The maximum atomic E-state index is 11.8. The van der Waals surface area contributed by atoms with Crippen LogP contribution in [0.25, 0.3) is 11.0 Å². The number of nitrogens with one attached hydrogen (secondary N) is 1. The average molecular weight is 390 g/mol. The summed E-state index contributed by atoms with van der Waals surface area (Å²) >= 11 is 0. The Hall–Kier alpha value is -3.23. The predicted molar refractivity (Wildman–Crippen MR) is 105 cm³/mol. The van der Waals surface area contributed by atoms with E-state index in [0.29, 0.717) is 35.4 Å². The van der Waals surface area contributed by atoms with Crippen molar-refractivity contribution in [3.05, 3.63) is 29.8 Å². The molecule has 9 heteroatoms. The van der Waals surface area contributed by atoms with Crippen molar-refractivity contribution in [1.82, 2.24) is 14.9 Å². The van der Waals surface area contributed by atoms with Crippen LogP contribution >= 0.6 is 0 Å².